The van der Waals surface area contributed by atoms with Gasteiger partial charge in [-0.05, 0) is 6.92 Å². The first-order valence-corrected chi connectivity index (χ1v) is 6.86. The lowest BCUT2D eigenvalue weighted by molar-refractivity contribution is 0.601. The van der Waals surface area contributed by atoms with Gasteiger partial charge in [0.05, 0.1) is 12.3 Å². The number of aliphatic imine (C=N–C) groups is 1. The van der Waals surface area contributed by atoms with E-state index >= 15 is 0 Å². The van der Waals surface area contributed by atoms with Gasteiger partial charge in [0.1, 0.15) is 9.84 Å². The maximum atomic E-state index is 10.9. The quantitative estimate of drug-likeness (QED) is 0.311. The van der Waals surface area contributed by atoms with E-state index < -0.39 is 9.84 Å². The molecule has 0 aliphatic carbocycles. The van der Waals surface area contributed by atoms with Crippen molar-refractivity contribution in [3.63, 3.8) is 0 Å². The molecule has 0 radical (unpaired) electrons. The van der Waals surface area contributed by atoms with Gasteiger partial charge < -0.3 is 10.6 Å². The Morgan fingerprint density at radius 1 is 1.44 bits per heavy atom. The molecule has 7 heteroatoms. The van der Waals surface area contributed by atoms with Crippen LogP contribution in [0, 0.1) is 0 Å². The Morgan fingerprint density at radius 3 is 2.50 bits per heavy atom. The zero-order valence-electron chi connectivity index (χ0n) is 9.69. The van der Waals surface area contributed by atoms with Gasteiger partial charge in [-0.2, -0.15) is 0 Å². The number of nitrogens with zero attached hydrogens (tertiary/aromatic N) is 1. The maximum Gasteiger partial charge on any atom is 0.191 e. The summed E-state index contributed by atoms with van der Waals surface area (Å²) in [6, 6.07) is 0. The molecular formula is C9H20IN3O2S. The maximum absolute atomic E-state index is 10.9. The van der Waals surface area contributed by atoms with Gasteiger partial charge in [0.2, 0.25) is 0 Å². The van der Waals surface area contributed by atoms with Crippen molar-refractivity contribution in [3.05, 3.63) is 12.7 Å². The molecule has 0 saturated carbocycles. The number of nitrogens with one attached hydrogen (secondary N) is 2. The minimum atomic E-state index is -2.94. The molecule has 0 saturated heterocycles. The van der Waals surface area contributed by atoms with E-state index in [4.69, 9.17) is 0 Å². The Labute approximate surface area is 115 Å². The monoisotopic (exact) mass is 361 g/mol. The van der Waals surface area contributed by atoms with Crippen molar-refractivity contribution in [2.45, 2.75) is 6.92 Å². The Hall–Kier alpha value is -0.310. The highest BCUT2D eigenvalue weighted by Crippen LogP contribution is 1.83. The van der Waals surface area contributed by atoms with E-state index in [1.54, 1.807) is 6.08 Å². The molecule has 5 nitrogen and oxygen atoms in total. The zero-order valence-corrected chi connectivity index (χ0v) is 12.8. The van der Waals surface area contributed by atoms with E-state index in [0.29, 0.717) is 12.5 Å². The summed E-state index contributed by atoms with van der Waals surface area (Å²) in [6.07, 6.45) is 2.91. The van der Waals surface area contributed by atoms with Crippen LogP contribution < -0.4 is 10.6 Å². The van der Waals surface area contributed by atoms with Crippen LogP contribution in [0.15, 0.2) is 17.6 Å². The normalized spacial score (nSPS) is 11.5. The number of hydrogen-bond donors (Lipinski definition) is 2. The summed E-state index contributed by atoms with van der Waals surface area (Å²) in [5.41, 5.74) is 0. The molecule has 0 atom stereocenters. The number of rotatable bonds is 6. The van der Waals surface area contributed by atoms with Gasteiger partial charge in [-0.15, -0.1) is 30.6 Å². The van der Waals surface area contributed by atoms with Crippen LogP contribution in [-0.2, 0) is 9.84 Å². The molecule has 0 spiro atoms. The Morgan fingerprint density at radius 2 is 2.06 bits per heavy atom. The molecule has 96 valence electrons. The summed E-state index contributed by atoms with van der Waals surface area (Å²) in [4.78, 5) is 4.10. The van der Waals surface area contributed by atoms with E-state index in [9.17, 15) is 8.42 Å². The zero-order chi connectivity index (χ0) is 11.7. The third-order valence-corrected chi connectivity index (χ3v) is 2.41. The molecule has 0 aliphatic rings. The molecule has 0 amide bonds. The van der Waals surface area contributed by atoms with E-state index in [1.807, 2.05) is 6.92 Å². The molecule has 0 unspecified atom stereocenters. The van der Waals surface area contributed by atoms with Gasteiger partial charge in [-0.25, -0.2) is 8.42 Å². The standard InChI is InChI=1S/C9H19N3O2S.HI/c1-4-6-11-9(10-5-2)12-7-8-15(3,13)14;/h4H,1,5-8H2,2-3H3,(H2,10,11,12);1H. The molecule has 0 heterocycles. The highest BCUT2D eigenvalue weighted by atomic mass is 127. The third kappa shape index (κ3) is 11.8. The minimum Gasteiger partial charge on any atom is -0.357 e. The van der Waals surface area contributed by atoms with Crippen LogP contribution in [0.2, 0.25) is 0 Å². The average molecular weight is 361 g/mol. The molecule has 0 aromatic carbocycles. The van der Waals surface area contributed by atoms with E-state index in [-0.39, 0.29) is 36.3 Å². The van der Waals surface area contributed by atoms with Gasteiger partial charge in [-0.1, -0.05) is 6.08 Å². The van der Waals surface area contributed by atoms with Crippen LogP contribution in [0.3, 0.4) is 0 Å². The molecule has 0 fully saturated rings. The van der Waals surface area contributed by atoms with Crippen molar-refractivity contribution in [3.8, 4) is 0 Å². The second kappa shape index (κ2) is 9.88. The van der Waals surface area contributed by atoms with Gasteiger partial charge in [-0.3, -0.25) is 4.99 Å². The van der Waals surface area contributed by atoms with Crippen LogP contribution in [0.4, 0.5) is 0 Å². The number of guanidine groups is 1. The summed E-state index contributed by atoms with van der Waals surface area (Å²) < 4.78 is 21.7. The summed E-state index contributed by atoms with van der Waals surface area (Å²) in [5, 5.41) is 5.98. The van der Waals surface area contributed by atoms with Crippen LogP contribution in [0.25, 0.3) is 0 Å². The molecule has 0 rings (SSSR count). The SMILES string of the molecule is C=CCNC(=NCCS(C)(=O)=O)NCC.I. The number of sulfone groups is 1. The van der Waals surface area contributed by atoms with E-state index in [0.717, 1.165) is 6.54 Å². The van der Waals surface area contributed by atoms with Crippen molar-refractivity contribution in [1.82, 2.24) is 10.6 Å². The summed E-state index contributed by atoms with van der Waals surface area (Å²) in [5.74, 6) is 0.679. The average Bonchev–Trinajstić information content (AvgIpc) is 2.12. The van der Waals surface area contributed by atoms with Crippen molar-refractivity contribution in [2.75, 3.05) is 31.6 Å². The Balaban J connectivity index is 0. The fourth-order valence-corrected chi connectivity index (χ4v) is 1.26. The fraction of sp³-hybridized carbons (Fsp3) is 0.667. The van der Waals surface area contributed by atoms with Crippen molar-refractivity contribution >= 4 is 39.8 Å². The van der Waals surface area contributed by atoms with Crippen LogP contribution in [-0.4, -0.2) is 46.0 Å². The second-order valence-electron chi connectivity index (χ2n) is 3.06. The molecule has 0 bridgehead atoms. The minimum absolute atomic E-state index is 0. The summed E-state index contributed by atoms with van der Waals surface area (Å²) >= 11 is 0. The molecule has 0 aliphatic heterocycles. The fourth-order valence-electron chi connectivity index (χ4n) is 0.834. The molecular weight excluding hydrogens is 341 g/mol. The van der Waals surface area contributed by atoms with Gasteiger partial charge in [0, 0.05) is 19.3 Å². The van der Waals surface area contributed by atoms with Crippen molar-refractivity contribution in [1.29, 1.82) is 0 Å². The van der Waals surface area contributed by atoms with Gasteiger partial charge in [0.25, 0.3) is 0 Å². The van der Waals surface area contributed by atoms with Crippen molar-refractivity contribution < 1.29 is 8.42 Å². The summed E-state index contributed by atoms with van der Waals surface area (Å²) in [7, 11) is -2.94. The van der Waals surface area contributed by atoms with Crippen molar-refractivity contribution in [2.24, 2.45) is 4.99 Å². The second-order valence-corrected chi connectivity index (χ2v) is 5.32. The first-order chi connectivity index (χ1) is 6.99. The number of halogens is 1. The van der Waals surface area contributed by atoms with Crippen LogP contribution >= 0.6 is 24.0 Å². The van der Waals surface area contributed by atoms with Gasteiger partial charge >= 0.3 is 0 Å². The summed E-state index contributed by atoms with van der Waals surface area (Å²) in [6.45, 7) is 7.13. The highest BCUT2D eigenvalue weighted by molar-refractivity contribution is 14.0. The Kier molecular flexibility index (Phi) is 11.2. The van der Waals surface area contributed by atoms with E-state index in [2.05, 4.69) is 22.2 Å². The lowest BCUT2D eigenvalue weighted by Crippen LogP contribution is -2.37. The predicted octanol–water partition coefficient (Wildman–Crippen LogP) is 0.390. The highest BCUT2D eigenvalue weighted by Gasteiger charge is 2.01. The molecule has 0 aromatic heterocycles. The topological polar surface area (TPSA) is 70.6 Å². The largest absolute Gasteiger partial charge is 0.357 e. The Bertz CT molecular complexity index is 315. The first kappa shape index (κ1) is 18.1. The molecule has 0 aromatic rings. The lowest BCUT2D eigenvalue weighted by atomic mass is 10.6. The van der Waals surface area contributed by atoms with Crippen LogP contribution in [0.5, 0.6) is 0 Å². The predicted molar refractivity (Wildman–Crippen MR) is 79.3 cm³/mol. The number of hydrogen-bond acceptors (Lipinski definition) is 3. The molecule has 16 heavy (non-hydrogen) atoms. The van der Waals surface area contributed by atoms with Gasteiger partial charge in [0.15, 0.2) is 5.96 Å². The third-order valence-electron chi connectivity index (χ3n) is 1.49. The van der Waals surface area contributed by atoms with Crippen LogP contribution in [0.1, 0.15) is 6.92 Å². The first-order valence-electron chi connectivity index (χ1n) is 4.80. The van der Waals surface area contributed by atoms with E-state index in [1.165, 1.54) is 6.26 Å². The smallest absolute Gasteiger partial charge is 0.191 e. The molecule has 2 N–H and O–H groups in total. The lowest BCUT2D eigenvalue weighted by Gasteiger charge is -2.08.